The van der Waals surface area contributed by atoms with Gasteiger partial charge in [-0.1, -0.05) is 6.07 Å². The normalized spacial score (nSPS) is 11.8. The minimum Gasteiger partial charge on any atom is -0.349 e. The van der Waals surface area contributed by atoms with Crippen LogP contribution in [-0.2, 0) is 16.4 Å². The van der Waals surface area contributed by atoms with E-state index in [1.54, 1.807) is 29.9 Å². The van der Waals surface area contributed by atoms with Crippen LogP contribution in [0.3, 0.4) is 0 Å². The lowest BCUT2D eigenvalue weighted by atomic mass is 10.3. The van der Waals surface area contributed by atoms with Crippen molar-refractivity contribution < 1.29 is 8.42 Å². The molecular formula is C10H13N3O2S2. The van der Waals surface area contributed by atoms with Crippen molar-refractivity contribution in [3.05, 3.63) is 35.7 Å². The third-order valence-corrected chi connectivity index (χ3v) is 5.06. The molecule has 2 rings (SSSR count). The fraction of sp³-hybridized carbons (Fsp3) is 0.300. The smallest absolute Gasteiger partial charge is 0.250 e. The number of hydrogen-bond acceptors (Lipinski definition) is 4. The number of hydrogen-bond donors (Lipinski definition) is 2. The Kier molecular flexibility index (Phi) is 3.93. The summed E-state index contributed by atoms with van der Waals surface area (Å²) in [4.78, 5) is 7.05. The maximum atomic E-state index is 11.7. The summed E-state index contributed by atoms with van der Waals surface area (Å²) >= 11 is 1.22. The Hall–Kier alpha value is -1.18. The van der Waals surface area contributed by atoms with Crippen LogP contribution in [0.4, 0.5) is 0 Å². The van der Waals surface area contributed by atoms with Crippen LogP contribution in [-0.4, -0.2) is 24.9 Å². The first kappa shape index (κ1) is 12.3. The molecule has 2 N–H and O–H groups in total. The first-order chi connectivity index (χ1) is 8.18. The van der Waals surface area contributed by atoms with Gasteiger partial charge in [0.2, 0.25) is 10.0 Å². The predicted molar refractivity (Wildman–Crippen MR) is 66.4 cm³/mol. The second-order valence-electron chi connectivity index (χ2n) is 3.47. The number of nitrogens with zero attached hydrogens (tertiary/aromatic N) is 1. The van der Waals surface area contributed by atoms with Crippen molar-refractivity contribution in [3.63, 3.8) is 0 Å². The second kappa shape index (κ2) is 5.44. The summed E-state index contributed by atoms with van der Waals surface area (Å²) in [5.74, 6) is 0.875. The van der Waals surface area contributed by atoms with E-state index in [1.165, 1.54) is 11.3 Å². The van der Waals surface area contributed by atoms with Crippen LogP contribution in [0.15, 0.2) is 34.1 Å². The van der Waals surface area contributed by atoms with Crippen molar-refractivity contribution in [1.29, 1.82) is 0 Å². The van der Waals surface area contributed by atoms with E-state index in [1.807, 2.05) is 0 Å². The SMILES string of the molecule is O=S(=O)(NCCCc1ncc[nH]1)c1cccs1. The van der Waals surface area contributed by atoms with E-state index >= 15 is 0 Å². The van der Waals surface area contributed by atoms with Crippen molar-refractivity contribution in [1.82, 2.24) is 14.7 Å². The van der Waals surface area contributed by atoms with Gasteiger partial charge in [-0.25, -0.2) is 18.1 Å². The van der Waals surface area contributed by atoms with Gasteiger partial charge < -0.3 is 4.98 Å². The third-order valence-electron chi connectivity index (χ3n) is 2.20. The highest BCUT2D eigenvalue weighted by atomic mass is 32.2. The molecule has 0 aliphatic heterocycles. The molecule has 7 heteroatoms. The van der Waals surface area contributed by atoms with E-state index in [2.05, 4.69) is 14.7 Å². The minimum absolute atomic E-state index is 0.357. The lowest BCUT2D eigenvalue weighted by Crippen LogP contribution is -2.24. The van der Waals surface area contributed by atoms with Gasteiger partial charge in [-0.3, -0.25) is 0 Å². The van der Waals surface area contributed by atoms with Crippen molar-refractivity contribution in [2.24, 2.45) is 0 Å². The van der Waals surface area contributed by atoms with Crippen LogP contribution in [0.25, 0.3) is 0 Å². The molecule has 0 amide bonds. The Labute approximate surface area is 104 Å². The molecule has 2 heterocycles. The Morgan fingerprint density at radius 1 is 1.47 bits per heavy atom. The first-order valence-corrected chi connectivity index (χ1v) is 7.56. The topological polar surface area (TPSA) is 74.8 Å². The molecule has 2 aromatic rings. The van der Waals surface area contributed by atoms with Gasteiger partial charge in [-0.05, 0) is 17.9 Å². The summed E-state index contributed by atoms with van der Waals surface area (Å²) in [5.41, 5.74) is 0. The highest BCUT2D eigenvalue weighted by Gasteiger charge is 2.13. The molecule has 0 fully saturated rings. The molecule has 5 nitrogen and oxygen atoms in total. The summed E-state index contributed by atoms with van der Waals surface area (Å²) in [6.45, 7) is 0.418. The maximum Gasteiger partial charge on any atom is 0.250 e. The molecule has 0 saturated heterocycles. The van der Waals surface area contributed by atoms with E-state index in [0.717, 1.165) is 18.7 Å². The molecule has 0 aliphatic carbocycles. The zero-order valence-corrected chi connectivity index (χ0v) is 10.7. The monoisotopic (exact) mass is 271 g/mol. The third kappa shape index (κ3) is 3.39. The number of imidazole rings is 1. The zero-order chi connectivity index (χ0) is 12.1. The fourth-order valence-electron chi connectivity index (χ4n) is 1.38. The average molecular weight is 271 g/mol. The lowest BCUT2D eigenvalue weighted by molar-refractivity contribution is 0.580. The average Bonchev–Trinajstić information content (AvgIpc) is 2.97. The quantitative estimate of drug-likeness (QED) is 0.779. The van der Waals surface area contributed by atoms with Gasteiger partial charge >= 0.3 is 0 Å². The number of thiophene rings is 1. The minimum atomic E-state index is -3.32. The van der Waals surface area contributed by atoms with Crippen LogP contribution < -0.4 is 4.72 Å². The molecular weight excluding hydrogens is 258 g/mol. The molecule has 0 radical (unpaired) electrons. The number of nitrogens with one attached hydrogen (secondary N) is 2. The van der Waals surface area contributed by atoms with E-state index in [4.69, 9.17) is 0 Å². The summed E-state index contributed by atoms with van der Waals surface area (Å²) in [6, 6.07) is 3.32. The first-order valence-electron chi connectivity index (χ1n) is 5.20. The number of aromatic amines is 1. The molecule has 17 heavy (non-hydrogen) atoms. The summed E-state index contributed by atoms with van der Waals surface area (Å²) in [6.07, 6.45) is 4.90. The number of aryl methyl sites for hydroxylation is 1. The lowest BCUT2D eigenvalue weighted by Gasteiger charge is -2.03. The van der Waals surface area contributed by atoms with E-state index in [0.29, 0.717) is 10.8 Å². The van der Waals surface area contributed by atoms with Gasteiger partial charge in [0.05, 0.1) is 0 Å². The Morgan fingerprint density at radius 3 is 3.00 bits per heavy atom. The highest BCUT2D eigenvalue weighted by molar-refractivity contribution is 7.91. The second-order valence-corrected chi connectivity index (χ2v) is 6.41. The Bertz CT molecular complexity index is 532. The van der Waals surface area contributed by atoms with Crippen LogP contribution in [0.2, 0.25) is 0 Å². The van der Waals surface area contributed by atoms with Crippen molar-refractivity contribution in [3.8, 4) is 0 Å². The summed E-state index contributed by atoms with van der Waals surface area (Å²) < 4.78 is 26.4. The van der Waals surface area contributed by atoms with E-state index < -0.39 is 10.0 Å². The largest absolute Gasteiger partial charge is 0.349 e. The standard InChI is InChI=1S/C10H13N3O2S2/c14-17(15,10-4-2-8-16-10)13-5-1-3-9-11-6-7-12-9/h2,4,6-8,13H,1,3,5H2,(H,11,12). The Morgan fingerprint density at radius 2 is 2.35 bits per heavy atom. The van der Waals surface area contributed by atoms with Crippen LogP contribution in [0.1, 0.15) is 12.2 Å². The zero-order valence-electron chi connectivity index (χ0n) is 9.09. The number of sulfonamides is 1. The van der Waals surface area contributed by atoms with Crippen molar-refractivity contribution >= 4 is 21.4 Å². The van der Waals surface area contributed by atoms with Gasteiger partial charge in [0.25, 0.3) is 0 Å². The highest BCUT2D eigenvalue weighted by Crippen LogP contribution is 2.15. The van der Waals surface area contributed by atoms with E-state index in [9.17, 15) is 8.42 Å². The molecule has 0 bridgehead atoms. The molecule has 0 unspecified atom stereocenters. The Balaban J connectivity index is 1.79. The molecule has 0 saturated carbocycles. The molecule has 2 aromatic heterocycles. The molecule has 0 atom stereocenters. The molecule has 92 valence electrons. The number of H-pyrrole nitrogens is 1. The predicted octanol–water partition coefficient (Wildman–Crippen LogP) is 1.38. The molecule has 0 spiro atoms. The van der Waals surface area contributed by atoms with Crippen LogP contribution >= 0.6 is 11.3 Å². The van der Waals surface area contributed by atoms with Gasteiger partial charge in [0, 0.05) is 25.4 Å². The van der Waals surface area contributed by atoms with Gasteiger partial charge in [-0.15, -0.1) is 11.3 Å². The maximum absolute atomic E-state index is 11.7. The van der Waals surface area contributed by atoms with Crippen LogP contribution in [0, 0.1) is 0 Å². The van der Waals surface area contributed by atoms with Gasteiger partial charge in [-0.2, -0.15) is 0 Å². The molecule has 0 aliphatic rings. The van der Waals surface area contributed by atoms with Gasteiger partial charge in [0.15, 0.2) is 0 Å². The van der Waals surface area contributed by atoms with E-state index in [-0.39, 0.29) is 0 Å². The van der Waals surface area contributed by atoms with Crippen molar-refractivity contribution in [2.75, 3.05) is 6.54 Å². The van der Waals surface area contributed by atoms with Gasteiger partial charge in [0.1, 0.15) is 10.0 Å². The van der Waals surface area contributed by atoms with Crippen LogP contribution in [0.5, 0.6) is 0 Å². The number of aromatic nitrogens is 2. The summed E-state index contributed by atoms with van der Waals surface area (Å²) in [7, 11) is -3.32. The number of rotatable bonds is 6. The molecule has 0 aromatic carbocycles. The van der Waals surface area contributed by atoms with Crippen molar-refractivity contribution in [2.45, 2.75) is 17.1 Å². The summed E-state index contributed by atoms with van der Waals surface area (Å²) in [5, 5.41) is 1.75. The fourth-order valence-corrected chi connectivity index (χ4v) is 3.50.